The van der Waals surface area contributed by atoms with Gasteiger partial charge in [-0.3, -0.25) is 14.6 Å². The van der Waals surface area contributed by atoms with Crippen molar-refractivity contribution >= 4 is 35.0 Å². The molecule has 0 radical (unpaired) electrons. The molecule has 170 valence electrons. The van der Waals surface area contributed by atoms with Crippen LogP contribution in [0, 0.1) is 0 Å². The zero-order chi connectivity index (χ0) is 23.6. The second-order valence-corrected chi connectivity index (χ2v) is 8.49. The first-order valence-corrected chi connectivity index (χ1v) is 11.6. The number of thioether (sulfide) groups is 1. The third kappa shape index (κ3) is 6.70. The summed E-state index contributed by atoms with van der Waals surface area (Å²) >= 11 is 1.44. The lowest BCUT2D eigenvalue weighted by Crippen LogP contribution is -2.20. The summed E-state index contributed by atoms with van der Waals surface area (Å²) in [5, 5.41) is 5.33. The van der Waals surface area contributed by atoms with E-state index in [0.717, 1.165) is 10.5 Å². The van der Waals surface area contributed by atoms with Crippen LogP contribution in [0.3, 0.4) is 0 Å². The van der Waals surface area contributed by atoms with Crippen LogP contribution in [-0.4, -0.2) is 23.4 Å². The van der Waals surface area contributed by atoms with Crippen molar-refractivity contribution < 1.29 is 14.3 Å². The number of carbonyl (C=O) groups is 2. The lowest BCUT2D eigenvalue weighted by atomic mass is 10.1. The molecule has 0 aliphatic carbocycles. The van der Waals surface area contributed by atoms with Gasteiger partial charge in [0.15, 0.2) is 6.61 Å². The van der Waals surface area contributed by atoms with E-state index in [0.29, 0.717) is 17.1 Å². The van der Waals surface area contributed by atoms with Gasteiger partial charge in [-0.15, -0.1) is 11.8 Å². The fourth-order valence-corrected chi connectivity index (χ4v) is 4.18. The Bertz CT molecular complexity index is 1200. The number of pyridine rings is 1. The van der Waals surface area contributed by atoms with E-state index < -0.39 is 5.25 Å². The molecule has 4 rings (SSSR count). The Kier molecular flexibility index (Phi) is 7.92. The number of hydrogen-bond acceptors (Lipinski definition) is 5. The van der Waals surface area contributed by atoms with Gasteiger partial charge in [0.05, 0.1) is 0 Å². The number of hydrogen-bond donors (Lipinski definition) is 2. The molecule has 0 bridgehead atoms. The summed E-state index contributed by atoms with van der Waals surface area (Å²) in [5.74, 6) is 0.266. The van der Waals surface area contributed by atoms with E-state index >= 15 is 0 Å². The number of aromatic nitrogens is 1. The van der Waals surface area contributed by atoms with Crippen molar-refractivity contribution in [1.29, 1.82) is 0 Å². The Hall–Kier alpha value is -4.10. The summed E-state index contributed by atoms with van der Waals surface area (Å²) in [6.07, 6.45) is 3.27. The van der Waals surface area contributed by atoms with Gasteiger partial charge in [0.1, 0.15) is 11.0 Å². The van der Waals surface area contributed by atoms with E-state index in [-0.39, 0.29) is 18.4 Å². The van der Waals surface area contributed by atoms with E-state index in [9.17, 15) is 9.59 Å². The molecule has 1 unspecified atom stereocenters. The normalized spacial score (nSPS) is 11.3. The van der Waals surface area contributed by atoms with Crippen molar-refractivity contribution in [2.75, 3.05) is 17.2 Å². The predicted molar refractivity (Wildman–Crippen MR) is 135 cm³/mol. The third-order valence-corrected chi connectivity index (χ3v) is 6.06. The van der Waals surface area contributed by atoms with Gasteiger partial charge in [-0.1, -0.05) is 48.5 Å². The number of para-hydroxylation sites is 1. The van der Waals surface area contributed by atoms with E-state index in [2.05, 4.69) is 15.6 Å². The highest BCUT2D eigenvalue weighted by molar-refractivity contribution is 8.00. The van der Waals surface area contributed by atoms with Crippen molar-refractivity contribution in [1.82, 2.24) is 4.98 Å². The molecule has 7 heteroatoms. The SMILES string of the molecule is O=C(COc1ccccc1)Nc1ccc(SC(C(=O)Nc2ccncc2)c2ccccc2)cc1. The molecule has 1 heterocycles. The summed E-state index contributed by atoms with van der Waals surface area (Å²) in [5.41, 5.74) is 2.25. The molecular weight excluding hydrogens is 446 g/mol. The maximum absolute atomic E-state index is 13.1. The summed E-state index contributed by atoms with van der Waals surface area (Å²) in [6, 6.07) is 29.7. The molecule has 0 saturated heterocycles. The predicted octanol–water partition coefficient (Wildman–Crippen LogP) is 5.57. The van der Waals surface area contributed by atoms with Gasteiger partial charge >= 0.3 is 0 Å². The van der Waals surface area contributed by atoms with Gasteiger partial charge in [-0.2, -0.15) is 0 Å². The third-order valence-electron chi connectivity index (χ3n) is 4.79. The minimum Gasteiger partial charge on any atom is -0.484 e. The largest absolute Gasteiger partial charge is 0.484 e. The van der Waals surface area contributed by atoms with Crippen LogP contribution >= 0.6 is 11.8 Å². The monoisotopic (exact) mass is 469 g/mol. The lowest BCUT2D eigenvalue weighted by molar-refractivity contribution is -0.118. The summed E-state index contributed by atoms with van der Waals surface area (Å²) in [4.78, 5) is 30.2. The Morgan fingerprint density at radius 1 is 0.765 bits per heavy atom. The maximum atomic E-state index is 13.1. The smallest absolute Gasteiger partial charge is 0.262 e. The molecule has 0 aliphatic heterocycles. The zero-order valence-corrected chi connectivity index (χ0v) is 19.1. The molecule has 2 N–H and O–H groups in total. The lowest BCUT2D eigenvalue weighted by Gasteiger charge is -2.17. The number of nitrogens with one attached hydrogen (secondary N) is 2. The molecule has 2 amide bonds. The fraction of sp³-hybridized carbons (Fsp3) is 0.0741. The molecule has 1 atom stereocenters. The van der Waals surface area contributed by atoms with Gasteiger partial charge < -0.3 is 15.4 Å². The first-order chi connectivity index (χ1) is 16.7. The molecule has 34 heavy (non-hydrogen) atoms. The first-order valence-electron chi connectivity index (χ1n) is 10.7. The number of amides is 2. The standard InChI is InChI=1S/C27H23N3O3S/c31-25(19-33-23-9-5-2-6-10-23)29-21-11-13-24(14-12-21)34-26(20-7-3-1-4-8-20)27(32)30-22-15-17-28-18-16-22/h1-18,26H,19H2,(H,29,31)(H,28,30,32). The Labute approximate surface area is 202 Å². The summed E-state index contributed by atoms with van der Waals surface area (Å²) < 4.78 is 5.48. The molecule has 3 aromatic carbocycles. The fourth-order valence-electron chi connectivity index (χ4n) is 3.16. The molecule has 6 nitrogen and oxygen atoms in total. The Balaban J connectivity index is 1.39. The van der Waals surface area contributed by atoms with Crippen LogP contribution in [0.1, 0.15) is 10.8 Å². The molecule has 1 aromatic heterocycles. The Morgan fingerprint density at radius 3 is 2.06 bits per heavy atom. The average molecular weight is 470 g/mol. The van der Waals surface area contributed by atoms with E-state index in [1.54, 1.807) is 36.7 Å². The highest BCUT2D eigenvalue weighted by Crippen LogP contribution is 2.36. The van der Waals surface area contributed by atoms with Crippen molar-refractivity contribution in [3.8, 4) is 5.75 Å². The number of benzene rings is 3. The van der Waals surface area contributed by atoms with Gasteiger partial charge in [-0.25, -0.2) is 0 Å². The van der Waals surface area contributed by atoms with Crippen LogP contribution in [0.5, 0.6) is 5.75 Å². The van der Waals surface area contributed by atoms with Crippen LogP contribution < -0.4 is 15.4 Å². The summed E-state index contributed by atoms with van der Waals surface area (Å²) in [6.45, 7) is -0.0776. The summed E-state index contributed by atoms with van der Waals surface area (Å²) in [7, 11) is 0. The molecule has 4 aromatic rings. The molecule has 0 fully saturated rings. The van der Waals surface area contributed by atoms with Crippen molar-refractivity contribution in [3.63, 3.8) is 0 Å². The molecule has 0 saturated carbocycles. The number of anilines is 2. The van der Waals surface area contributed by atoms with Gasteiger partial charge in [0.2, 0.25) is 5.91 Å². The molecule has 0 spiro atoms. The highest BCUT2D eigenvalue weighted by Gasteiger charge is 2.22. The van der Waals surface area contributed by atoms with Crippen LogP contribution in [0.2, 0.25) is 0 Å². The highest BCUT2D eigenvalue weighted by atomic mass is 32.2. The van der Waals surface area contributed by atoms with Crippen LogP contribution in [-0.2, 0) is 9.59 Å². The van der Waals surface area contributed by atoms with E-state index in [1.165, 1.54) is 11.8 Å². The minimum atomic E-state index is -0.450. The van der Waals surface area contributed by atoms with E-state index in [1.807, 2.05) is 72.8 Å². The quantitative estimate of drug-likeness (QED) is 0.313. The Morgan fingerprint density at radius 2 is 1.38 bits per heavy atom. The van der Waals surface area contributed by atoms with Crippen LogP contribution in [0.15, 0.2) is 114 Å². The number of rotatable bonds is 9. The average Bonchev–Trinajstić information content (AvgIpc) is 2.89. The van der Waals surface area contributed by atoms with Crippen LogP contribution in [0.4, 0.5) is 11.4 Å². The first kappa shape index (κ1) is 23.1. The number of ether oxygens (including phenoxy) is 1. The van der Waals surface area contributed by atoms with Crippen LogP contribution in [0.25, 0.3) is 0 Å². The minimum absolute atomic E-state index is 0.0776. The zero-order valence-electron chi connectivity index (χ0n) is 18.3. The number of nitrogens with zero attached hydrogens (tertiary/aromatic N) is 1. The second-order valence-electron chi connectivity index (χ2n) is 7.31. The number of carbonyl (C=O) groups excluding carboxylic acids is 2. The topological polar surface area (TPSA) is 80.3 Å². The van der Waals surface area contributed by atoms with Gasteiger partial charge in [0, 0.05) is 28.7 Å². The second kappa shape index (κ2) is 11.7. The maximum Gasteiger partial charge on any atom is 0.262 e. The molecular formula is C27H23N3O3S. The van der Waals surface area contributed by atoms with Crippen molar-refractivity contribution in [3.05, 3.63) is 115 Å². The van der Waals surface area contributed by atoms with Crippen molar-refractivity contribution in [2.24, 2.45) is 0 Å². The van der Waals surface area contributed by atoms with Crippen molar-refractivity contribution in [2.45, 2.75) is 10.1 Å². The van der Waals surface area contributed by atoms with Gasteiger partial charge in [0.25, 0.3) is 5.91 Å². The van der Waals surface area contributed by atoms with Gasteiger partial charge in [-0.05, 0) is 54.1 Å². The molecule has 0 aliphatic rings. The van der Waals surface area contributed by atoms with E-state index in [4.69, 9.17) is 4.74 Å².